The highest BCUT2D eigenvalue weighted by molar-refractivity contribution is 7.95. The lowest BCUT2D eigenvalue weighted by molar-refractivity contribution is 0.394. The van der Waals surface area contributed by atoms with Crippen molar-refractivity contribution in [2.24, 2.45) is 0 Å². The van der Waals surface area contributed by atoms with Crippen molar-refractivity contribution in [3.63, 3.8) is 0 Å². The molecule has 2 aromatic carbocycles. The second kappa shape index (κ2) is 8.45. The molecule has 5 nitrogen and oxygen atoms in total. The van der Waals surface area contributed by atoms with Crippen LogP contribution >= 0.6 is 23.2 Å². The molecule has 26 heavy (non-hydrogen) atoms. The van der Waals surface area contributed by atoms with E-state index in [1.54, 1.807) is 30.3 Å². The van der Waals surface area contributed by atoms with Crippen LogP contribution in [0.15, 0.2) is 41.3 Å². The van der Waals surface area contributed by atoms with Crippen LogP contribution in [0.4, 0.5) is 0 Å². The number of nitrogens with zero attached hydrogens (tertiary/aromatic N) is 1. The van der Waals surface area contributed by atoms with E-state index in [1.165, 1.54) is 32.4 Å². The fourth-order valence-electron chi connectivity index (χ4n) is 2.19. The Labute approximate surface area is 162 Å². The van der Waals surface area contributed by atoms with E-state index in [2.05, 4.69) is 0 Å². The number of rotatable bonds is 6. The molecule has 2 rings (SSSR count). The van der Waals surface area contributed by atoms with Gasteiger partial charge >= 0.3 is 0 Å². The third-order valence-electron chi connectivity index (χ3n) is 3.53. The number of halogens is 2. The minimum atomic E-state index is -3.91. The second-order valence-corrected chi connectivity index (χ2v) is 8.02. The highest BCUT2D eigenvalue weighted by Gasteiger charge is 2.21. The van der Waals surface area contributed by atoms with E-state index < -0.39 is 20.5 Å². The molecule has 8 heteroatoms. The third kappa shape index (κ3) is 4.70. The molecule has 0 spiro atoms. The lowest BCUT2D eigenvalue weighted by atomic mass is 10.2. The van der Waals surface area contributed by atoms with E-state index in [9.17, 15) is 13.7 Å². The van der Waals surface area contributed by atoms with Crippen molar-refractivity contribution < 1.29 is 17.9 Å². The van der Waals surface area contributed by atoms with Crippen molar-refractivity contribution in [1.82, 2.24) is 0 Å². The van der Waals surface area contributed by atoms with Gasteiger partial charge in [0.05, 0.1) is 20.0 Å². The van der Waals surface area contributed by atoms with E-state index in [1.807, 2.05) is 0 Å². The number of ether oxygens (including phenoxy) is 2. The SMILES string of the molecule is COc1ccc(/C=C(\C#N)S(=O)(=O)Cc2ccc(Cl)cc2Cl)c(OC)c1. The normalized spacial score (nSPS) is 11.7. The summed E-state index contributed by atoms with van der Waals surface area (Å²) < 4.78 is 35.6. The Morgan fingerprint density at radius 1 is 1.15 bits per heavy atom. The molecular formula is C18H15Cl2NO4S. The van der Waals surface area contributed by atoms with E-state index >= 15 is 0 Å². The molecule has 0 unspecified atom stereocenters. The Hall–Kier alpha value is -2.20. The van der Waals surface area contributed by atoms with Crippen molar-refractivity contribution in [2.75, 3.05) is 14.2 Å². The Morgan fingerprint density at radius 2 is 1.88 bits per heavy atom. The molecule has 0 N–H and O–H groups in total. The molecule has 0 aliphatic heterocycles. The van der Waals surface area contributed by atoms with Gasteiger partial charge in [-0.2, -0.15) is 5.26 Å². The summed E-state index contributed by atoms with van der Waals surface area (Å²) in [7, 11) is -0.964. The summed E-state index contributed by atoms with van der Waals surface area (Å²) in [5.74, 6) is 0.520. The first-order valence-electron chi connectivity index (χ1n) is 7.31. The first-order chi connectivity index (χ1) is 12.3. The molecule has 0 bridgehead atoms. The number of sulfone groups is 1. The van der Waals surface area contributed by atoms with E-state index in [-0.39, 0.29) is 5.02 Å². The smallest absolute Gasteiger partial charge is 0.192 e. The van der Waals surface area contributed by atoms with Crippen LogP contribution in [0, 0.1) is 11.3 Å². The first-order valence-corrected chi connectivity index (χ1v) is 9.72. The Morgan fingerprint density at radius 3 is 2.46 bits per heavy atom. The van der Waals surface area contributed by atoms with Crippen LogP contribution in [0.2, 0.25) is 10.0 Å². The molecule has 0 saturated carbocycles. The number of allylic oxidation sites excluding steroid dienone is 1. The Balaban J connectivity index is 2.43. The van der Waals surface area contributed by atoms with Gasteiger partial charge in [0.15, 0.2) is 9.84 Å². The minimum absolute atomic E-state index is 0.223. The zero-order chi connectivity index (χ0) is 19.3. The fraction of sp³-hybridized carbons (Fsp3) is 0.167. The summed E-state index contributed by atoms with van der Waals surface area (Å²) in [6.07, 6.45) is 1.26. The summed E-state index contributed by atoms with van der Waals surface area (Å²) in [6.45, 7) is 0. The van der Waals surface area contributed by atoms with Crippen LogP contribution in [0.25, 0.3) is 6.08 Å². The molecule has 0 heterocycles. The van der Waals surface area contributed by atoms with E-state index in [4.69, 9.17) is 32.7 Å². The van der Waals surface area contributed by atoms with Gasteiger partial charge in [-0.15, -0.1) is 0 Å². The van der Waals surface area contributed by atoms with Gasteiger partial charge in [-0.05, 0) is 35.9 Å². The summed E-state index contributed by atoms with van der Waals surface area (Å²) >= 11 is 11.9. The topological polar surface area (TPSA) is 76.4 Å². The van der Waals surface area contributed by atoms with Crippen molar-refractivity contribution >= 4 is 39.1 Å². The van der Waals surface area contributed by atoms with Crippen molar-refractivity contribution in [3.05, 3.63) is 62.5 Å². The largest absolute Gasteiger partial charge is 0.497 e. The van der Waals surface area contributed by atoms with Crippen LogP contribution < -0.4 is 9.47 Å². The maximum absolute atomic E-state index is 12.6. The predicted molar refractivity (Wildman–Crippen MR) is 102 cm³/mol. The van der Waals surface area contributed by atoms with Gasteiger partial charge in [-0.3, -0.25) is 0 Å². The summed E-state index contributed by atoms with van der Waals surface area (Å²) in [5, 5.41) is 9.98. The average molecular weight is 412 g/mol. The van der Waals surface area contributed by atoms with Crippen LogP contribution in [-0.4, -0.2) is 22.6 Å². The van der Waals surface area contributed by atoms with Gasteiger partial charge < -0.3 is 9.47 Å². The van der Waals surface area contributed by atoms with Gasteiger partial charge in [0.2, 0.25) is 0 Å². The maximum atomic E-state index is 12.6. The Bertz CT molecular complexity index is 995. The van der Waals surface area contributed by atoms with Gasteiger partial charge in [0, 0.05) is 21.7 Å². The van der Waals surface area contributed by atoms with Gasteiger partial charge in [-0.25, -0.2) is 8.42 Å². The Kier molecular flexibility index (Phi) is 6.54. The minimum Gasteiger partial charge on any atom is -0.497 e. The highest BCUT2D eigenvalue weighted by atomic mass is 35.5. The average Bonchev–Trinajstić information content (AvgIpc) is 2.61. The zero-order valence-corrected chi connectivity index (χ0v) is 16.3. The molecule has 0 atom stereocenters. The number of hydrogen-bond acceptors (Lipinski definition) is 5. The van der Waals surface area contributed by atoms with Crippen LogP contribution in [0.1, 0.15) is 11.1 Å². The summed E-state index contributed by atoms with van der Waals surface area (Å²) in [4.78, 5) is -0.396. The fourth-order valence-corrected chi connectivity index (χ4v) is 4.01. The van der Waals surface area contributed by atoms with Crippen molar-refractivity contribution in [3.8, 4) is 17.6 Å². The van der Waals surface area contributed by atoms with Crippen molar-refractivity contribution in [2.45, 2.75) is 5.75 Å². The molecule has 0 aliphatic rings. The summed E-state index contributed by atoms with van der Waals surface area (Å²) in [5.41, 5.74) is 0.801. The lowest BCUT2D eigenvalue weighted by Gasteiger charge is -2.09. The molecule has 0 aromatic heterocycles. The number of methoxy groups -OCH3 is 2. The molecule has 136 valence electrons. The van der Waals surface area contributed by atoms with Gasteiger partial charge in [0.25, 0.3) is 0 Å². The standard InChI is InChI=1S/C18H15Cl2NO4S/c1-24-15-6-4-12(18(9-15)25-2)7-16(10-21)26(22,23)11-13-3-5-14(19)8-17(13)20/h3-9H,11H2,1-2H3/b16-7+. The quantitative estimate of drug-likeness (QED) is 0.654. The highest BCUT2D eigenvalue weighted by Crippen LogP contribution is 2.29. The molecular weight excluding hydrogens is 397 g/mol. The number of hydrogen-bond donors (Lipinski definition) is 0. The maximum Gasteiger partial charge on any atom is 0.192 e. The zero-order valence-electron chi connectivity index (χ0n) is 14.0. The van der Waals surface area contributed by atoms with E-state index in [0.29, 0.717) is 27.6 Å². The molecule has 0 fully saturated rings. The van der Waals surface area contributed by atoms with Crippen LogP contribution in [-0.2, 0) is 15.6 Å². The molecule has 0 radical (unpaired) electrons. The molecule has 0 amide bonds. The predicted octanol–water partition coefficient (Wildman–Crippen LogP) is 4.49. The van der Waals surface area contributed by atoms with Crippen LogP contribution in [0.3, 0.4) is 0 Å². The van der Waals surface area contributed by atoms with Crippen molar-refractivity contribution in [1.29, 1.82) is 5.26 Å². The van der Waals surface area contributed by atoms with Gasteiger partial charge in [-0.1, -0.05) is 29.3 Å². The van der Waals surface area contributed by atoms with Crippen LogP contribution in [0.5, 0.6) is 11.5 Å². The lowest BCUT2D eigenvalue weighted by Crippen LogP contribution is -2.07. The molecule has 2 aromatic rings. The summed E-state index contributed by atoms with van der Waals surface area (Å²) in [6, 6.07) is 11.1. The number of benzene rings is 2. The van der Waals surface area contributed by atoms with E-state index in [0.717, 1.165) is 0 Å². The molecule has 0 saturated heterocycles. The monoisotopic (exact) mass is 411 g/mol. The number of nitriles is 1. The molecule has 0 aliphatic carbocycles. The third-order valence-corrected chi connectivity index (χ3v) is 5.69. The first kappa shape index (κ1) is 20.1. The van der Waals surface area contributed by atoms with Gasteiger partial charge in [0.1, 0.15) is 22.5 Å². The second-order valence-electron chi connectivity index (χ2n) is 5.22.